The second-order valence-electron chi connectivity index (χ2n) is 4.51. The minimum absolute atomic E-state index is 0.201. The molecule has 0 radical (unpaired) electrons. The number of halogens is 3. The molecule has 0 bridgehead atoms. The van der Waals surface area contributed by atoms with E-state index in [-0.39, 0.29) is 11.7 Å². The predicted octanol–water partition coefficient (Wildman–Crippen LogP) is 5.32. The Morgan fingerprint density at radius 1 is 1.15 bits per heavy atom. The lowest BCUT2D eigenvalue weighted by Gasteiger charge is -2.17. The molecule has 0 saturated carbocycles. The summed E-state index contributed by atoms with van der Waals surface area (Å²) in [6.07, 6.45) is 0.622. The molecule has 2 rings (SSSR count). The number of hydrogen-bond donors (Lipinski definition) is 0. The Morgan fingerprint density at radius 3 is 2.55 bits per heavy atom. The zero-order valence-corrected chi connectivity index (χ0v) is 14.2. The Hall–Kier alpha value is -0.870. The van der Waals surface area contributed by atoms with Crippen LogP contribution < -0.4 is 4.74 Å². The van der Waals surface area contributed by atoms with Crippen molar-refractivity contribution in [2.45, 2.75) is 12.3 Å². The average Bonchev–Trinajstić information content (AvgIpc) is 2.47. The summed E-state index contributed by atoms with van der Waals surface area (Å²) in [5, 5.41) is 0.770. The molecule has 1 nitrogen and oxygen atoms in total. The number of rotatable bonds is 5. The topological polar surface area (TPSA) is 9.23 Å². The largest absolute Gasteiger partial charge is 0.494 e. The van der Waals surface area contributed by atoms with Gasteiger partial charge in [-0.1, -0.05) is 62.2 Å². The van der Waals surface area contributed by atoms with Crippen molar-refractivity contribution in [1.82, 2.24) is 0 Å². The number of benzene rings is 2. The summed E-state index contributed by atoms with van der Waals surface area (Å²) < 4.78 is 20.3. The summed E-state index contributed by atoms with van der Waals surface area (Å²) in [5.74, 6) is 0.225. The van der Waals surface area contributed by atoms with Gasteiger partial charge >= 0.3 is 0 Å². The molecular weight excluding hydrogens is 387 g/mol. The van der Waals surface area contributed by atoms with Crippen LogP contribution >= 0.6 is 31.9 Å². The summed E-state index contributed by atoms with van der Waals surface area (Å²) in [6.45, 7) is 0. The van der Waals surface area contributed by atoms with Gasteiger partial charge in [-0.15, -0.1) is 0 Å². The van der Waals surface area contributed by atoms with Crippen molar-refractivity contribution in [1.29, 1.82) is 0 Å². The van der Waals surface area contributed by atoms with Crippen LogP contribution in [0.4, 0.5) is 4.39 Å². The van der Waals surface area contributed by atoms with Crippen molar-refractivity contribution < 1.29 is 9.13 Å². The summed E-state index contributed by atoms with van der Waals surface area (Å²) in [7, 11) is 1.48. The molecule has 106 valence electrons. The smallest absolute Gasteiger partial charge is 0.168 e. The van der Waals surface area contributed by atoms with E-state index in [0.717, 1.165) is 9.80 Å². The lowest BCUT2D eigenvalue weighted by Crippen LogP contribution is -2.07. The van der Waals surface area contributed by atoms with Gasteiger partial charge in [-0.05, 0) is 35.6 Å². The molecule has 4 heteroatoms. The van der Waals surface area contributed by atoms with Crippen LogP contribution in [0.15, 0.2) is 46.9 Å². The molecule has 2 aromatic rings. The maximum absolute atomic E-state index is 14.2. The summed E-state index contributed by atoms with van der Waals surface area (Å²) >= 11 is 7.09. The van der Waals surface area contributed by atoms with E-state index in [1.165, 1.54) is 12.7 Å². The van der Waals surface area contributed by atoms with Crippen LogP contribution in [-0.4, -0.2) is 12.4 Å². The van der Waals surface area contributed by atoms with Crippen LogP contribution in [0.25, 0.3) is 0 Å². The van der Waals surface area contributed by atoms with Crippen molar-refractivity contribution in [3.8, 4) is 5.75 Å². The zero-order valence-electron chi connectivity index (χ0n) is 11.1. The van der Waals surface area contributed by atoms with E-state index < -0.39 is 0 Å². The highest BCUT2D eigenvalue weighted by Gasteiger charge is 2.17. The van der Waals surface area contributed by atoms with Gasteiger partial charge in [0.1, 0.15) is 0 Å². The summed E-state index contributed by atoms with van der Waals surface area (Å²) in [6, 6.07) is 13.3. The van der Waals surface area contributed by atoms with E-state index in [2.05, 4.69) is 37.9 Å². The molecule has 0 aliphatic rings. The normalized spacial score (nSPS) is 12.2. The van der Waals surface area contributed by atoms with Crippen molar-refractivity contribution >= 4 is 31.9 Å². The summed E-state index contributed by atoms with van der Waals surface area (Å²) in [5.41, 5.74) is 1.84. The lowest BCUT2D eigenvalue weighted by atomic mass is 9.93. The molecule has 0 N–H and O–H groups in total. The molecule has 0 saturated heterocycles. The van der Waals surface area contributed by atoms with Crippen molar-refractivity contribution in [2.24, 2.45) is 0 Å². The Kier molecular flexibility index (Phi) is 5.61. The molecule has 0 spiro atoms. The van der Waals surface area contributed by atoms with Crippen molar-refractivity contribution in [3.05, 3.63) is 63.9 Å². The second-order valence-corrected chi connectivity index (χ2v) is 6.01. The fraction of sp³-hybridized carbons (Fsp3) is 0.250. The molecule has 0 amide bonds. The third-order valence-electron chi connectivity index (χ3n) is 3.26. The summed E-state index contributed by atoms with van der Waals surface area (Å²) in [4.78, 5) is 0. The van der Waals surface area contributed by atoms with Crippen LogP contribution in [0, 0.1) is 5.82 Å². The highest BCUT2D eigenvalue weighted by molar-refractivity contribution is 9.10. The van der Waals surface area contributed by atoms with E-state index in [1.807, 2.05) is 30.3 Å². The van der Waals surface area contributed by atoms with Gasteiger partial charge in [-0.2, -0.15) is 0 Å². The van der Waals surface area contributed by atoms with Gasteiger partial charge in [-0.25, -0.2) is 4.39 Å². The minimum Gasteiger partial charge on any atom is -0.494 e. The number of ether oxygens (including phenoxy) is 1. The van der Waals surface area contributed by atoms with E-state index in [0.29, 0.717) is 17.7 Å². The van der Waals surface area contributed by atoms with Gasteiger partial charge in [0.2, 0.25) is 0 Å². The first-order valence-corrected chi connectivity index (χ1v) is 8.20. The van der Waals surface area contributed by atoms with Gasteiger partial charge < -0.3 is 4.74 Å². The molecule has 20 heavy (non-hydrogen) atoms. The van der Waals surface area contributed by atoms with Gasteiger partial charge in [0.05, 0.1) is 7.11 Å². The fourth-order valence-electron chi connectivity index (χ4n) is 2.19. The molecule has 0 fully saturated rings. The Bertz CT molecular complexity index is 586. The van der Waals surface area contributed by atoms with Crippen molar-refractivity contribution in [3.63, 3.8) is 0 Å². The SMILES string of the molecule is COc1cccc(CC(CBr)c2ccccc2Br)c1F. The highest BCUT2D eigenvalue weighted by atomic mass is 79.9. The van der Waals surface area contributed by atoms with Gasteiger partial charge in [0.25, 0.3) is 0 Å². The second kappa shape index (κ2) is 7.23. The Labute approximate surface area is 135 Å². The average molecular weight is 402 g/mol. The standard InChI is InChI=1S/C16H15Br2FO/c1-20-15-8-4-5-11(16(15)19)9-12(10-17)13-6-2-3-7-14(13)18/h2-8,12H,9-10H2,1H3. The van der Waals surface area contributed by atoms with Crippen molar-refractivity contribution in [2.75, 3.05) is 12.4 Å². The van der Waals surface area contributed by atoms with Crippen LogP contribution in [-0.2, 0) is 6.42 Å². The molecule has 1 unspecified atom stereocenters. The molecule has 0 aliphatic heterocycles. The monoisotopic (exact) mass is 400 g/mol. The lowest BCUT2D eigenvalue weighted by molar-refractivity contribution is 0.383. The number of methoxy groups -OCH3 is 1. The van der Waals surface area contributed by atoms with E-state index in [1.54, 1.807) is 6.07 Å². The van der Waals surface area contributed by atoms with E-state index in [4.69, 9.17) is 4.74 Å². The fourth-order valence-corrected chi connectivity index (χ4v) is 3.38. The first kappa shape index (κ1) is 15.5. The number of alkyl halides is 1. The first-order chi connectivity index (χ1) is 9.67. The van der Waals surface area contributed by atoms with Gasteiger partial charge in [0.15, 0.2) is 11.6 Å². The highest BCUT2D eigenvalue weighted by Crippen LogP contribution is 2.31. The molecule has 0 aliphatic carbocycles. The molecule has 0 aromatic heterocycles. The number of hydrogen-bond acceptors (Lipinski definition) is 1. The van der Waals surface area contributed by atoms with Gasteiger partial charge in [0, 0.05) is 9.80 Å². The third kappa shape index (κ3) is 3.41. The third-order valence-corrected chi connectivity index (χ3v) is 4.76. The van der Waals surface area contributed by atoms with E-state index >= 15 is 0 Å². The van der Waals surface area contributed by atoms with Crippen LogP contribution in [0.5, 0.6) is 5.75 Å². The minimum atomic E-state index is -0.270. The van der Waals surface area contributed by atoms with E-state index in [9.17, 15) is 4.39 Å². The van der Waals surface area contributed by atoms with Gasteiger partial charge in [-0.3, -0.25) is 0 Å². The quantitative estimate of drug-likeness (QED) is 0.616. The Morgan fingerprint density at radius 2 is 1.90 bits per heavy atom. The molecular formula is C16H15Br2FO. The zero-order chi connectivity index (χ0) is 14.5. The molecule has 2 aromatic carbocycles. The first-order valence-electron chi connectivity index (χ1n) is 6.29. The maximum Gasteiger partial charge on any atom is 0.168 e. The molecule has 0 heterocycles. The van der Waals surface area contributed by atoms with Crippen LogP contribution in [0.1, 0.15) is 17.0 Å². The van der Waals surface area contributed by atoms with Crippen LogP contribution in [0.2, 0.25) is 0 Å². The van der Waals surface area contributed by atoms with Crippen LogP contribution in [0.3, 0.4) is 0 Å². The molecule has 1 atom stereocenters. The maximum atomic E-state index is 14.2. The predicted molar refractivity (Wildman–Crippen MR) is 87.3 cm³/mol. The Balaban J connectivity index is 2.30.